The Kier molecular flexibility index (Phi) is 10.7. The number of aryl methyl sites for hydroxylation is 1. The molecular formula is C30H35ClFN3O4S. The summed E-state index contributed by atoms with van der Waals surface area (Å²) in [6, 6.07) is 19.4. The number of rotatable bonds is 12. The Hall–Kier alpha value is -3.43. The first-order valence-electron chi connectivity index (χ1n) is 12.9. The zero-order valence-electron chi connectivity index (χ0n) is 23.1. The number of carbonyl (C=O) groups is 2. The summed E-state index contributed by atoms with van der Waals surface area (Å²) in [5, 5.41) is 2.66. The smallest absolute Gasteiger partial charge is 0.244 e. The lowest BCUT2D eigenvalue weighted by Gasteiger charge is -2.33. The van der Waals surface area contributed by atoms with E-state index in [-0.39, 0.29) is 35.5 Å². The second-order valence-corrected chi connectivity index (χ2v) is 12.5. The summed E-state index contributed by atoms with van der Waals surface area (Å²) in [5.74, 6) is -1.46. The Bertz CT molecular complexity index is 1420. The van der Waals surface area contributed by atoms with Crippen molar-refractivity contribution < 1.29 is 22.4 Å². The van der Waals surface area contributed by atoms with E-state index in [1.807, 2.05) is 75.4 Å². The number of nitrogens with zero attached hydrogens (tertiary/aromatic N) is 2. The standard InChI is InChI=1S/C30H35ClFN3O4S/c1-21(2)18-33-30(37)28(16-23-8-6-5-7-9-23)34(19-24-12-10-22(3)11-13-24)29(36)20-35(40(4,38)39)25-14-15-27(32)26(31)17-25/h5-15,17,21,28H,16,18-20H2,1-4H3,(H,33,37)/t28-/m0/s1. The first kappa shape index (κ1) is 31.1. The highest BCUT2D eigenvalue weighted by Crippen LogP contribution is 2.25. The number of anilines is 1. The lowest BCUT2D eigenvalue weighted by Crippen LogP contribution is -2.53. The molecule has 0 heterocycles. The quantitative estimate of drug-likeness (QED) is 0.324. The predicted molar refractivity (Wildman–Crippen MR) is 157 cm³/mol. The van der Waals surface area contributed by atoms with Crippen LogP contribution in [0.5, 0.6) is 0 Å². The summed E-state index contributed by atoms with van der Waals surface area (Å²) in [5.41, 5.74) is 2.71. The highest BCUT2D eigenvalue weighted by Gasteiger charge is 2.33. The van der Waals surface area contributed by atoms with Gasteiger partial charge in [-0.1, -0.05) is 85.6 Å². The minimum atomic E-state index is -3.98. The number of halogens is 2. The second-order valence-electron chi connectivity index (χ2n) is 10.2. The van der Waals surface area contributed by atoms with Gasteiger partial charge in [-0.15, -0.1) is 0 Å². The molecule has 40 heavy (non-hydrogen) atoms. The minimum absolute atomic E-state index is 0.0430. The number of hydrogen-bond acceptors (Lipinski definition) is 4. The van der Waals surface area contributed by atoms with Gasteiger partial charge in [0.15, 0.2) is 0 Å². The van der Waals surface area contributed by atoms with Gasteiger partial charge in [0.2, 0.25) is 21.8 Å². The molecule has 0 bridgehead atoms. The van der Waals surface area contributed by atoms with Crippen LogP contribution in [0.25, 0.3) is 0 Å². The summed E-state index contributed by atoms with van der Waals surface area (Å²) in [4.78, 5) is 29.0. The van der Waals surface area contributed by atoms with Crippen LogP contribution in [0.4, 0.5) is 10.1 Å². The molecule has 214 valence electrons. The molecule has 0 aliphatic carbocycles. The van der Waals surface area contributed by atoms with Crippen LogP contribution < -0.4 is 9.62 Å². The molecule has 0 radical (unpaired) electrons. The molecule has 7 nitrogen and oxygen atoms in total. The molecule has 0 aliphatic heterocycles. The highest BCUT2D eigenvalue weighted by atomic mass is 35.5. The van der Waals surface area contributed by atoms with Gasteiger partial charge in [0.05, 0.1) is 17.0 Å². The van der Waals surface area contributed by atoms with E-state index in [4.69, 9.17) is 11.6 Å². The van der Waals surface area contributed by atoms with Gasteiger partial charge in [-0.2, -0.15) is 0 Å². The van der Waals surface area contributed by atoms with Gasteiger partial charge in [-0.25, -0.2) is 12.8 Å². The minimum Gasteiger partial charge on any atom is -0.354 e. The number of nitrogens with one attached hydrogen (secondary N) is 1. The van der Waals surface area contributed by atoms with Gasteiger partial charge in [0, 0.05) is 19.5 Å². The molecule has 2 amide bonds. The lowest BCUT2D eigenvalue weighted by atomic mass is 10.0. The van der Waals surface area contributed by atoms with Gasteiger partial charge < -0.3 is 10.2 Å². The molecule has 3 rings (SSSR count). The normalized spacial score (nSPS) is 12.2. The fraction of sp³-hybridized carbons (Fsp3) is 0.333. The van der Waals surface area contributed by atoms with E-state index in [1.165, 1.54) is 11.0 Å². The van der Waals surface area contributed by atoms with E-state index in [9.17, 15) is 22.4 Å². The van der Waals surface area contributed by atoms with Crippen LogP contribution in [0.1, 0.15) is 30.5 Å². The van der Waals surface area contributed by atoms with Crippen molar-refractivity contribution in [2.45, 2.75) is 39.8 Å². The molecule has 0 saturated carbocycles. The van der Waals surface area contributed by atoms with Crippen LogP contribution in [0.3, 0.4) is 0 Å². The Labute approximate surface area is 241 Å². The summed E-state index contributed by atoms with van der Waals surface area (Å²) in [6.07, 6.45) is 1.18. The maximum Gasteiger partial charge on any atom is 0.244 e. The molecule has 0 aromatic heterocycles. The molecule has 0 saturated heterocycles. The molecule has 1 atom stereocenters. The van der Waals surface area contributed by atoms with Gasteiger partial charge in [0.1, 0.15) is 18.4 Å². The van der Waals surface area contributed by atoms with Gasteiger partial charge >= 0.3 is 0 Å². The Morgan fingerprint density at radius 2 is 1.62 bits per heavy atom. The molecule has 0 spiro atoms. The average molecular weight is 588 g/mol. The van der Waals surface area contributed by atoms with Crippen molar-refractivity contribution >= 4 is 39.1 Å². The Morgan fingerprint density at radius 1 is 0.975 bits per heavy atom. The fourth-order valence-electron chi connectivity index (χ4n) is 4.12. The average Bonchev–Trinajstić information content (AvgIpc) is 2.90. The fourth-order valence-corrected chi connectivity index (χ4v) is 5.14. The van der Waals surface area contributed by atoms with Crippen LogP contribution in [0.15, 0.2) is 72.8 Å². The van der Waals surface area contributed by atoms with Crippen molar-refractivity contribution in [2.24, 2.45) is 5.92 Å². The second kappa shape index (κ2) is 13.8. The molecule has 3 aromatic rings. The van der Waals surface area contributed by atoms with Gasteiger partial charge in [-0.3, -0.25) is 13.9 Å². The van der Waals surface area contributed by atoms with Crippen molar-refractivity contribution in [3.63, 3.8) is 0 Å². The molecule has 1 N–H and O–H groups in total. The van der Waals surface area contributed by atoms with Crippen LogP contribution in [-0.4, -0.2) is 50.5 Å². The van der Waals surface area contributed by atoms with Crippen molar-refractivity contribution in [1.82, 2.24) is 10.2 Å². The van der Waals surface area contributed by atoms with E-state index in [0.29, 0.717) is 6.54 Å². The molecule has 0 unspecified atom stereocenters. The topological polar surface area (TPSA) is 86.8 Å². The molecule has 0 aliphatic rings. The number of hydrogen-bond donors (Lipinski definition) is 1. The van der Waals surface area contributed by atoms with E-state index < -0.39 is 34.3 Å². The third-order valence-corrected chi connectivity index (χ3v) is 7.73. The van der Waals surface area contributed by atoms with Crippen molar-refractivity contribution in [3.05, 3.63) is 100 Å². The third kappa shape index (κ3) is 8.79. The first-order chi connectivity index (χ1) is 18.8. The highest BCUT2D eigenvalue weighted by molar-refractivity contribution is 7.92. The summed E-state index contributed by atoms with van der Waals surface area (Å²) >= 11 is 5.92. The zero-order valence-corrected chi connectivity index (χ0v) is 24.7. The van der Waals surface area contributed by atoms with Crippen LogP contribution in [-0.2, 0) is 32.6 Å². The number of sulfonamides is 1. The first-order valence-corrected chi connectivity index (χ1v) is 15.2. The van der Waals surface area contributed by atoms with Crippen LogP contribution in [0.2, 0.25) is 5.02 Å². The zero-order chi connectivity index (χ0) is 29.4. The molecule has 3 aromatic carbocycles. The number of benzene rings is 3. The largest absolute Gasteiger partial charge is 0.354 e. The summed E-state index contributed by atoms with van der Waals surface area (Å²) < 4.78 is 40.3. The third-order valence-electron chi connectivity index (χ3n) is 6.30. The lowest BCUT2D eigenvalue weighted by molar-refractivity contribution is -0.140. The van der Waals surface area contributed by atoms with E-state index >= 15 is 0 Å². The monoisotopic (exact) mass is 587 g/mol. The Balaban J connectivity index is 2.05. The summed E-state index contributed by atoms with van der Waals surface area (Å²) in [7, 11) is -3.98. The SMILES string of the molecule is Cc1ccc(CN(C(=O)CN(c2ccc(F)c(Cl)c2)S(C)(=O)=O)[C@@H](Cc2ccccc2)C(=O)NCC(C)C)cc1. The van der Waals surface area contributed by atoms with Crippen molar-refractivity contribution in [2.75, 3.05) is 23.7 Å². The van der Waals surface area contributed by atoms with Crippen LogP contribution >= 0.6 is 11.6 Å². The predicted octanol–water partition coefficient (Wildman–Crippen LogP) is 4.97. The van der Waals surface area contributed by atoms with Gasteiger partial charge in [0.25, 0.3) is 0 Å². The number of carbonyl (C=O) groups excluding carboxylic acids is 2. The maximum absolute atomic E-state index is 14.0. The molecule has 10 heteroatoms. The van der Waals surface area contributed by atoms with Gasteiger partial charge in [-0.05, 0) is 42.2 Å². The summed E-state index contributed by atoms with van der Waals surface area (Å²) in [6.45, 7) is 5.78. The van der Waals surface area contributed by atoms with E-state index in [0.717, 1.165) is 39.4 Å². The molecular weight excluding hydrogens is 553 g/mol. The van der Waals surface area contributed by atoms with E-state index in [2.05, 4.69) is 5.32 Å². The van der Waals surface area contributed by atoms with Crippen LogP contribution in [0, 0.1) is 18.7 Å². The van der Waals surface area contributed by atoms with Crippen molar-refractivity contribution in [3.8, 4) is 0 Å². The maximum atomic E-state index is 14.0. The number of amides is 2. The van der Waals surface area contributed by atoms with Crippen molar-refractivity contribution in [1.29, 1.82) is 0 Å². The molecule has 0 fully saturated rings. The Morgan fingerprint density at radius 3 is 2.20 bits per heavy atom. The van der Waals surface area contributed by atoms with E-state index in [1.54, 1.807) is 0 Å².